The first kappa shape index (κ1) is 20.6. The predicted octanol–water partition coefficient (Wildman–Crippen LogP) is 1.64. The second kappa shape index (κ2) is 9.33. The van der Waals surface area contributed by atoms with Crippen LogP contribution < -0.4 is 21.3 Å². The molecule has 3 heterocycles. The molecule has 4 N–H and O–H groups in total. The van der Waals surface area contributed by atoms with Crippen LogP contribution in [-0.4, -0.2) is 54.7 Å². The zero-order valence-corrected chi connectivity index (χ0v) is 16.6. The van der Waals surface area contributed by atoms with E-state index >= 15 is 0 Å². The van der Waals surface area contributed by atoms with Crippen LogP contribution in [0.25, 0.3) is 0 Å². The Hall–Kier alpha value is -0.660. The van der Waals surface area contributed by atoms with Gasteiger partial charge in [0, 0.05) is 24.0 Å². The van der Waals surface area contributed by atoms with Crippen LogP contribution >= 0.6 is 24.2 Å². The molecule has 0 radical (unpaired) electrons. The number of hydrogen-bond acceptors (Lipinski definition) is 4. The van der Waals surface area contributed by atoms with Gasteiger partial charge in [0.05, 0.1) is 12.1 Å². The van der Waals surface area contributed by atoms with Crippen molar-refractivity contribution >= 4 is 36.1 Å². The minimum atomic E-state index is -0.0268. The molecule has 3 fully saturated rings. The summed E-state index contributed by atoms with van der Waals surface area (Å²) in [5.41, 5.74) is 0.254. The summed E-state index contributed by atoms with van der Waals surface area (Å²) < 4.78 is 0. The van der Waals surface area contributed by atoms with Gasteiger partial charge in [-0.25, -0.2) is 4.79 Å². The van der Waals surface area contributed by atoms with Crippen LogP contribution in [0.3, 0.4) is 0 Å². The number of carbonyl (C=O) groups excluding carboxylic acids is 2. The highest BCUT2D eigenvalue weighted by atomic mass is 35.5. The Morgan fingerprint density at radius 1 is 1.28 bits per heavy atom. The van der Waals surface area contributed by atoms with Gasteiger partial charge in [0.15, 0.2) is 0 Å². The van der Waals surface area contributed by atoms with Crippen LogP contribution in [-0.2, 0) is 4.79 Å². The fourth-order valence-electron chi connectivity index (χ4n) is 3.88. The normalized spacial score (nSPS) is 30.0. The number of carbonyl (C=O) groups is 2. The lowest BCUT2D eigenvalue weighted by molar-refractivity contribution is -0.121. The topological polar surface area (TPSA) is 82.3 Å². The second-order valence-electron chi connectivity index (χ2n) is 7.71. The number of piperidine rings is 1. The monoisotopic (exact) mass is 390 g/mol. The number of hydrogen-bond donors (Lipinski definition) is 4. The quantitative estimate of drug-likeness (QED) is 0.393. The van der Waals surface area contributed by atoms with E-state index in [1.807, 2.05) is 11.8 Å². The SMILES string of the molecule is CC1(CNC(=O)CCCC[C@@H]2SC[C@@H]3NC(=O)N[C@@H]32)CCNCC1.Cl. The van der Waals surface area contributed by atoms with Crippen molar-refractivity contribution in [3.8, 4) is 0 Å². The molecule has 0 bridgehead atoms. The van der Waals surface area contributed by atoms with Gasteiger partial charge in [-0.3, -0.25) is 4.79 Å². The molecule has 3 aliphatic rings. The smallest absolute Gasteiger partial charge is 0.315 e. The molecular formula is C17H31ClN4O2S. The van der Waals surface area contributed by atoms with Gasteiger partial charge >= 0.3 is 6.03 Å². The molecule has 144 valence electrons. The molecule has 3 atom stereocenters. The minimum absolute atomic E-state index is 0. The summed E-state index contributed by atoms with van der Waals surface area (Å²) in [5.74, 6) is 1.18. The number of thioether (sulfide) groups is 1. The van der Waals surface area contributed by atoms with Gasteiger partial charge < -0.3 is 21.3 Å². The molecule has 0 aromatic rings. The van der Waals surface area contributed by atoms with Crippen molar-refractivity contribution in [3.05, 3.63) is 0 Å². The zero-order valence-electron chi connectivity index (χ0n) is 14.9. The summed E-state index contributed by atoms with van der Waals surface area (Å²) in [4.78, 5) is 23.4. The molecule has 3 amide bonds. The average Bonchev–Trinajstić information content (AvgIpc) is 3.10. The van der Waals surface area contributed by atoms with Gasteiger partial charge in [-0.1, -0.05) is 13.3 Å². The highest BCUT2D eigenvalue weighted by Crippen LogP contribution is 2.33. The first-order valence-electron chi connectivity index (χ1n) is 9.22. The summed E-state index contributed by atoms with van der Waals surface area (Å²) in [6.45, 7) is 5.18. The fourth-order valence-corrected chi connectivity index (χ4v) is 5.43. The largest absolute Gasteiger partial charge is 0.356 e. The molecule has 3 aliphatic heterocycles. The van der Waals surface area contributed by atoms with Crippen LogP contribution in [0.5, 0.6) is 0 Å². The summed E-state index contributed by atoms with van der Waals surface area (Å²) in [6.07, 6.45) is 5.93. The Bertz CT molecular complexity index is 474. The van der Waals surface area contributed by atoms with Gasteiger partial charge in [0.25, 0.3) is 0 Å². The van der Waals surface area contributed by atoms with E-state index in [4.69, 9.17) is 0 Å². The maximum absolute atomic E-state index is 12.1. The number of amides is 3. The molecule has 6 nitrogen and oxygen atoms in total. The fraction of sp³-hybridized carbons (Fsp3) is 0.882. The molecule has 3 rings (SSSR count). The first-order valence-corrected chi connectivity index (χ1v) is 10.3. The van der Waals surface area contributed by atoms with Crippen LogP contribution in [0.4, 0.5) is 4.79 Å². The third-order valence-electron chi connectivity index (χ3n) is 5.60. The zero-order chi connectivity index (χ0) is 17.0. The second-order valence-corrected chi connectivity index (χ2v) is 8.98. The Morgan fingerprint density at radius 2 is 2.04 bits per heavy atom. The summed E-state index contributed by atoms with van der Waals surface area (Å²) in [7, 11) is 0. The van der Waals surface area contributed by atoms with Gasteiger partial charge in [-0.15, -0.1) is 12.4 Å². The van der Waals surface area contributed by atoms with Crippen molar-refractivity contribution < 1.29 is 9.59 Å². The van der Waals surface area contributed by atoms with E-state index in [1.54, 1.807) is 0 Å². The van der Waals surface area contributed by atoms with Gasteiger partial charge in [0.2, 0.25) is 5.91 Å². The molecular weight excluding hydrogens is 360 g/mol. The molecule has 0 saturated carbocycles. The number of urea groups is 1. The number of fused-ring (bicyclic) bond motifs is 1. The van der Waals surface area contributed by atoms with Crippen molar-refractivity contribution in [1.82, 2.24) is 21.3 Å². The van der Waals surface area contributed by atoms with E-state index in [0.717, 1.165) is 57.5 Å². The van der Waals surface area contributed by atoms with Crippen LogP contribution in [0, 0.1) is 5.41 Å². The number of rotatable bonds is 7. The molecule has 0 unspecified atom stereocenters. The highest BCUT2D eigenvalue weighted by molar-refractivity contribution is 8.00. The van der Waals surface area contributed by atoms with E-state index in [1.165, 1.54) is 0 Å². The van der Waals surface area contributed by atoms with Gasteiger partial charge in [-0.2, -0.15) is 11.8 Å². The maximum atomic E-state index is 12.1. The van der Waals surface area contributed by atoms with Gasteiger partial charge in [0.1, 0.15) is 0 Å². The number of unbranched alkanes of at least 4 members (excludes halogenated alkanes) is 1. The Morgan fingerprint density at radius 3 is 2.80 bits per heavy atom. The molecule has 25 heavy (non-hydrogen) atoms. The molecule has 0 aliphatic carbocycles. The summed E-state index contributed by atoms with van der Waals surface area (Å²) >= 11 is 1.94. The van der Waals surface area contributed by atoms with Gasteiger partial charge in [-0.05, 0) is 44.2 Å². The van der Waals surface area contributed by atoms with Crippen LogP contribution in [0.1, 0.15) is 45.4 Å². The predicted molar refractivity (Wildman–Crippen MR) is 104 cm³/mol. The average molecular weight is 391 g/mol. The third-order valence-corrected chi connectivity index (χ3v) is 7.11. The van der Waals surface area contributed by atoms with E-state index in [0.29, 0.717) is 17.7 Å². The van der Waals surface area contributed by atoms with Crippen molar-refractivity contribution in [3.63, 3.8) is 0 Å². The third kappa shape index (κ3) is 5.66. The molecule has 8 heteroatoms. The lowest BCUT2D eigenvalue weighted by Crippen LogP contribution is -2.42. The molecule has 0 aromatic heterocycles. The summed E-state index contributed by atoms with van der Waals surface area (Å²) in [6, 6.07) is 0.541. The van der Waals surface area contributed by atoms with Crippen molar-refractivity contribution in [2.75, 3.05) is 25.4 Å². The Kier molecular flexibility index (Phi) is 7.70. The molecule has 0 spiro atoms. The van der Waals surface area contributed by atoms with Crippen molar-refractivity contribution in [1.29, 1.82) is 0 Å². The number of nitrogens with one attached hydrogen (secondary N) is 4. The summed E-state index contributed by atoms with van der Waals surface area (Å²) in [5, 5.41) is 13.0. The lowest BCUT2D eigenvalue weighted by Gasteiger charge is -2.34. The van der Waals surface area contributed by atoms with E-state index in [9.17, 15) is 9.59 Å². The van der Waals surface area contributed by atoms with Crippen LogP contribution in [0.2, 0.25) is 0 Å². The maximum Gasteiger partial charge on any atom is 0.315 e. The molecule has 3 saturated heterocycles. The minimum Gasteiger partial charge on any atom is -0.356 e. The van der Waals surface area contributed by atoms with Crippen LogP contribution in [0.15, 0.2) is 0 Å². The number of halogens is 1. The van der Waals surface area contributed by atoms with E-state index in [-0.39, 0.29) is 35.8 Å². The standard InChI is InChI=1S/C17H30N4O2S.ClH/c1-17(6-8-18-9-7-17)11-19-14(22)5-3-2-4-13-15-12(10-24-13)20-16(23)21-15;/h12-13,15,18H,2-11H2,1H3,(H,19,22)(H2,20,21,23);1H/t12-,13-,15-;/m0./s1. The van der Waals surface area contributed by atoms with Crippen molar-refractivity contribution in [2.24, 2.45) is 5.41 Å². The molecule has 0 aromatic carbocycles. The Balaban J connectivity index is 0.00000225. The lowest BCUT2D eigenvalue weighted by atomic mass is 9.81. The van der Waals surface area contributed by atoms with Crippen molar-refractivity contribution in [2.45, 2.75) is 62.8 Å². The first-order chi connectivity index (χ1) is 11.6. The Labute approximate surface area is 160 Å². The van der Waals surface area contributed by atoms with E-state index < -0.39 is 0 Å². The van der Waals surface area contributed by atoms with E-state index in [2.05, 4.69) is 28.2 Å². The highest BCUT2D eigenvalue weighted by Gasteiger charge is 2.42.